The van der Waals surface area contributed by atoms with Gasteiger partial charge in [0.1, 0.15) is 0 Å². The fourth-order valence-electron chi connectivity index (χ4n) is 2.44. The van der Waals surface area contributed by atoms with Gasteiger partial charge in [0.2, 0.25) is 0 Å². The van der Waals surface area contributed by atoms with E-state index in [1.165, 1.54) is 0 Å². The number of pyridine rings is 1. The van der Waals surface area contributed by atoms with Gasteiger partial charge in [-0.3, -0.25) is 4.98 Å². The van der Waals surface area contributed by atoms with Crippen molar-refractivity contribution in [3.63, 3.8) is 0 Å². The molecule has 94 valence electrons. The van der Waals surface area contributed by atoms with Gasteiger partial charge in [0.25, 0.3) is 0 Å². The maximum Gasteiger partial charge on any atom is 0.0743 e. The molecule has 0 atom stereocenters. The molecular weight excluding hydrogens is 226 g/mol. The molecule has 1 saturated carbocycles. The van der Waals surface area contributed by atoms with Gasteiger partial charge in [0.15, 0.2) is 0 Å². The lowest BCUT2D eigenvalue weighted by Crippen LogP contribution is -2.33. The summed E-state index contributed by atoms with van der Waals surface area (Å²) >= 11 is 0. The number of nitrogens with zero attached hydrogens (tertiary/aromatic N) is 1. The van der Waals surface area contributed by atoms with E-state index in [0.29, 0.717) is 5.92 Å². The predicted octanol–water partition coefficient (Wildman–Crippen LogP) is 2.00. The first-order chi connectivity index (χ1) is 8.72. The molecule has 0 saturated heterocycles. The van der Waals surface area contributed by atoms with E-state index in [1.807, 2.05) is 24.3 Å². The van der Waals surface area contributed by atoms with E-state index in [2.05, 4.69) is 10.3 Å². The summed E-state index contributed by atoms with van der Waals surface area (Å²) in [5.74, 6) is 0.581. The lowest BCUT2D eigenvalue weighted by molar-refractivity contribution is 0.0487. The summed E-state index contributed by atoms with van der Waals surface area (Å²) in [6.45, 7) is 0.903. The van der Waals surface area contributed by atoms with Crippen molar-refractivity contribution in [3.8, 4) is 0 Å². The van der Waals surface area contributed by atoms with Crippen LogP contribution in [0.3, 0.4) is 0 Å². The summed E-state index contributed by atoms with van der Waals surface area (Å²) in [7, 11) is 0. The maximum absolute atomic E-state index is 9.27. The van der Waals surface area contributed by atoms with E-state index >= 15 is 0 Å². The third kappa shape index (κ3) is 2.11. The molecule has 4 N–H and O–H groups in total. The number of rotatable bonds is 3. The van der Waals surface area contributed by atoms with Crippen molar-refractivity contribution in [3.05, 3.63) is 30.5 Å². The second-order valence-corrected chi connectivity index (χ2v) is 5.01. The van der Waals surface area contributed by atoms with Gasteiger partial charge in [-0.2, -0.15) is 0 Å². The van der Waals surface area contributed by atoms with Gasteiger partial charge < -0.3 is 16.2 Å². The average Bonchev–Trinajstić information content (AvgIpc) is 2.32. The molecule has 1 fully saturated rings. The average molecular weight is 243 g/mol. The molecule has 0 radical (unpaired) electrons. The molecule has 3 rings (SSSR count). The number of nitrogens with two attached hydrogens (primary N) is 1. The van der Waals surface area contributed by atoms with Gasteiger partial charge in [-0.1, -0.05) is 0 Å². The Balaban J connectivity index is 1.79. The number of aliphatic hydroxyl groups is 1. The fourth-order valence-corrected chi connectivity index (χ4v) is 2.44. The standard InChI is InChI=1S/C14H17N3O/c15-10-1-2-12-13(3-4-16-14(12)7-10)17-8-9-5-11(18)6-9/h1-4,7,9,11,18H,5-6,8,15H2,(H,16,17). The highest BCUT2D eigenvalue weighted by Crippen LogP contribution is 2.29. The van der Waals surface area contributed by atoms with Crippen LogP contribution in [0.4, 0.5) is 11.4 Å². The smallest absolute Gasteiger partial charge is 0.0743 e. The Bertz CT molecular complexity index is 564. The van der Waals surface area contributed by atoms with Gasteiger partial charge in [-0.25, -0.2) is 0 Å². The molecule has 0 unspecified atom stereocenters. The quantitative estimate of drug-likeness (QED) is 0.721. The first kappa shape index (κ1) is 11.3. The summed E-state index contributed by atoms with van der Waals surface area (Å²) in [5, 5.41) is 13.8. The molecule has 1 aliphatic carbocycles. The second kappa shape index (κ2) is 4.46. The van der Waals surface area contributed by atoms with E-state index in [9.17, 15) is 5.11 Å². The van der Waals surface area contributed by atoms with Crippen LogP contribution < -0.4 is 11.1 Å². The first-order valence-electron chi connectivity index (χ1n) is 6.28. The Labute approximate surface area is 106 Å². The molecule has 4 nitrogen and oxygen atoms in total. The van der Waals surface area contributed by atoms with Crippen LogP contribution in [-0.4, -0.2) is 22.7 Å². The van der Waals surface area contributed by atoms with Crippen LogP contribution >= 0.6 is 0 Å². The van der Waals surface area contributed by atoms with Gasteiger partial charge >= 0.3 is 0 Å². The molecule has 1 aromatic heterocycles. The molecule has 0 amide bonds. The first-order valence-corrected chi connectivity index (χ1v) is 6.28. The van der Waals surface area contributed by atoms with Crippen LogP contribution in [-0.2, 0) is 0 Å². The lowest BCUT2D eigenvalue weighted by atomic mass is 9.82. The Morgan fingerprint density at radius 3 is 2.94 bits per heavy atom. The zero-order chi connectivity index (χ0) is 12.5. The summed E-state index contributed by atoms with van der Waals surface area (Å²) in [6.07, 6.45) is 3.51. The monoisotopic (exact) mass is 243 g/mol. The van der Waals surface area contributed by atoms with E-state index in [0.717, 1.165) is 41.7 Å². The maximum atomic E-state index is 9.27. The number of benzene rings is 1. The van der Waals surface area contributed by atoms with Crippen LogP contribution in [0.1, 0.15) is 12.8 Å². The number of nitrogen functional groups attached to an aromatic ring is 1. The van der Waals surface area contributed by atoms with Gasteiger partial charge in [-0.05, 0) is 43.0 Å². The number of aromatic nitrogens is 1. The molecule has 1 heterocycles. The lowest BCUT2D eigenvalue weighted by Gasteiger charge is -2.31. The third-order valence-corrected chi connectivity index (χ3v) is 3.56. The number of aliphatic hydroxyl groups excluding tert-OH is 1. The zero-order valence-electron chi connectivity index (χ0n) is 10.1. The van der Waals surface area contributed by atoms with Crippen LogP contribution in [0.5, 0.6) is 0 Å². The molecule has 4 heteroatoms. The van der Waals surface area contributed by atoms with Crippen LogP contribution in [0.2, 0.25) is 0 Å². The number of anilines is 2. The molecule has 1 aromatic carbocycles. The highest BCUT2D eigenvalue weighted by Gasteiger charge is 2.26. The highest BCUT2D eigenvalue weighted by molar-refractivity contribution is 5.92. The summed E-state index contributed by atoms with van der Waals surface area (Å²) in [6, 6.07) is 7.75. The zero-order valence-corrected chi connectivity index (χ0v) is 10.1. The molecule has 18 heavy (non-hydrogen) atoms. The Kier molecular flexibility index (Phi) is 2.80. The van der Waals surface area contributed by atoms with Gasteiger partial charge in [-0.15, -0.1) is 0 Å². The van der Waals surface area contributed by atoms with Crippen molar-refractivity contribution in [2.24, 2.45) is 5.92 Å². The molecular formula is C14H17N3O. The Morgan fingerprint density at radius 2 is 2.17 bits per heavy atom. The van der Waals surface area contributed by atoms with E-state index in [-0.39, 0.29) is 6.10 Å². The minimum Gasteiger partial charge on any atom is -0.399 e. The van der Waals surface area contributed by atoms with E-state index < -0.39 is 0 Å². The topological polar surface area (TPSA) is 71.2 Å². The summed E-state index contributed by atoms with van der Waals surface area (Å²) in [5.41, 5.74) is 8.48. The highest BCUT2D eigenvalue weighted by atomic mass is 16.3. The van der Waals surface area contributed by atoms with Crippen molar-refractivity contribution in [1.82, 2.24) is 4.98 Å². The third-order valence-electron chi connectivity index (χ3n) is 3.56. The van der Waals surface area contributed by atoms with Gasteiger partial charge in [0.05, 0.1) is 11.6 Å². The van der Waals surface area contributed by atoms with E-state index in [1.54, 1.807) is 6.20 Å². The van der Waals surface area contributed by atoms with E-state index in [4.69, 9.17) is 5.73 Å². The Morgan fingerprint density at radius 1 is 1.33 bits per heavy atom. The van der Waals surface area contributed by atoms with Crippen LogP contribution in [0, 0.1) is 5.92 Å². The minimum atomic E-state index is -0.0919. The van der Waals surface area contributed by atoms with Crippen LogP contribution in [0.15, 0.2) is 30.5 Å². The van der Waals surface area contributed by atoms with Crippen molar-refractivity contribution < 1.29 is 5.11 Å². The number of hydrogen-bond acceptors (Lipinski definition) is 4. The number of nitrogens with one attached hydrogen (secondary N) is 1. The van der Waals surface area contributed by atoms with Crippen molar-refractivity contribution >= 4 is 22.3 Å². The van der Waals surface area contributed by atoms with Crippen molar-refractivity contribution in [1.29, 1.82) is 0 Å². The number of hydrogen-bond donors (Lipinski definition) is 3. The minimum absolute atomic E-state index is 0.0919. The van der Waals surface area contributed by atoms with Crippen molar-refractivity contribution in [2.75, 3.05) is 17.6 Å². The largest absolute Gasteiger partial charge is 0.399 e. The fraction of sp³-hybridized carbons (Fsp3) is 0.357. The van der Waals surface area contributed by atoms with Crippen LogP contribution in [0.25, 0.3) is 10.9 Å². The molecule has 0 spiro atoms. The Hall–Kier alpha value is -1.81. The number of fused-ring (bicyclic) bond motifs is 1. The SMILES string of the molecule is Nc1ccc2c(NCC3CC(O)C3)ccnc2c1. The van der Waals surface area contributed by atoms with Crippen molar-refractivity contribution in [2.45, 2.75) is 18.9 Å². The van der Waals surface area contributed by atoms with Gasteiger partial charge in [0, 0.05) is 29.5 Å². The second-order valence-electron chi connectivity index (χ2n) is 5.01. The summed E-state index contributed by atoms with van der Waals surface area (Å²) < 4.78 is 0. The molecule has 1 aliphatic rings. The summed E-state index contributed by atoms with van der Waals surface area (Å²) in [4.78, 5) is 4.32. The predicted molar refractivity (Wildman–Crippen MR) is 73.4 cm³/mol. The molecule has 2 aromatic rings. The normalized spacial score (nSPS) is 22.7. The molecule has 0 bridgehead atoms. The molecule has 0 aliphatic heterocycles.